The normalized spacial score (nSPS) is 20.0. The van der Waals surface area contributed by atoms with E-state index in [9.17, 15) is 9.18 Å². The second-order valence-corrected chi connectivity index (χ2v) is 21.7. The Morgan fingerprint density at radius 1 is 0.746 bits per heavy atom. The Kier molecular flexibility index (Phi) is 12.7. The molecule has 1 saturated heterocycles. The number of anilines is 1. The van der Waals surface area contributed by atoms with Crippen LogP contribution in [0.2, 0.25) is 0 Å². The number of ether oxygens (including phenoxy) is 2. The highest BCUT2D eigenvalue weighted by Crippen LogP contribution is 2.60. The summed E-state index contributed by atoms with van der Waals surface area (Å²) < 4.78 is 61.0. The van der Waals surface area contributed by atoms with Gasteiger partial charge in [-0.05, 0) is 174 Å². The number of benzene rings is 7. The number of nitrogens with zero attached hydrogens (tertiary/aromatic N) is 1. The predicted molar refractivity (Wildman–Crippen MR) is 284 cm³/mol. The summed E-state index contributed by atoms with van der Waals surface area (Å²) in [4.78, 5) is 15.9. The second kappa shape index (κ2) is 19.1. The van der Waals surface area contributed by atoms with E-state index in [4.69, 9.17) is 9.47 Å². The van der Waals surface area contributed by atoms with Crippen LogP contribution in [0.5, 0.6) is 11.5 Å². The minimum atomic E-state index is -1.26. The maximum atomic E-state index is 16.8. The number of rotatable bonds is 11. The quantitative estimate of drug-likeness (QED) is 0.0735. The van der Waals surface area contributed by atoms with Gasteiger partial charge in [0.15, 0.2) is 5.60 Å². The van der Waals surface area contributed by atoms with Crippen LogP contribution in [0, 0.1) is 23.4 Å². The van der Waals surface area contributed by atoms with Gasteiger partial charge < -0.3 is 14.4 Å². The molecule has 0 amide bonds. The first kappa shape index (κ1) is 47.2. The van der Waals surface area contributed by atoms with Crippen LogP contribution in [-0.2, 0) is 11.0 Å². The summed E-state index contributed by atoms with van der Waals surface area (Å²) in [5.74, 6) is -0.0238. The van der Waals surface area contributed by atoms with Gasteiger partial charge in [-0.15, -0.1) is 0 Å². The Labute approximate surface area is 424 Å². The Bertz CT molecular complexity index is 3170. The van der Waals surface area contributed by atoms with Crippen LogP contribution < -0.4 is 14.4 Å². The van der Waals surface area contributed by atoms with Gasteiger partial charge in [0.1, 0.15) is 29.0 Å². The zero-order chi connectivity index (χ0) is 49.0. The van der Waals surface area contributed by atoms with Crippen LogP contribution in [0.15, 0.2) is 132 Å². The third-order valence-corrected chi connectivity index (χ3v) is 16.7. The first-order chi connectivity index (χ1) is 34.4. The van der Waals surface area contributed by atoms with E-state index in [-0.39, 0.29) is 11.2 Å². The molecule has 0 spiro atoms. The van der Waals surface area contributed by atoms with Gasteiger partial charge in [0.2, 0.25) is 0 Å². The molecular formula is C63H59BrF3NO3. The van der Waals surface area contributed by atoms with E-state index in [2.05, 4.69) is 78.0 Å². The largest absolute Gasteiger partial charge is 0.472 e. The van der Waals surface area contributed by atoms with Crippen LogP contribution in [-0.4, -0.2) is 19.1 Å². The summed E-state index contributed by atoms with van der Waals surface area (Å²) in [6, 6.07) is 36.4. The number of unbranched alkanes of at least 4 members (excludes halogenated alkanes) is 2. The maximum absolute atomic E-state index is 16.8. The molecular weight excluding hydrogens is 956 g/mol. The van der Waals surface area contributed by atoms with Crippen LogP contribution >= 0.6 is 15.9 Å². The van der Waals surface area contributed by atoms with Gasteiger partial charge in [-0.1, -0.05) is 117 Å². The van der Waals surface area contributed by atoms with E-state index >= 15 is 8.78 Å². The number of hydrogen-bond acceptors (Lipinski definition) is 4. The average Bonchev–Trinajstić information content (AvgIpc) is 3.63. The van der Waals surface area contributed by atoms with Crippen LogP contribution in [0.4, 0.5) is 18.9 Å². The summed E-state index contributed by atoms with van der Waals surface area (Å²) in [6.07, 6.45) is 17.8. The summed E-state index contributed by atoms with van der Waals surface area (Å²) >= 11 is 3.95. The predicted octanol–water partition coefficient (Wildman–Crippen LogP) is 17.4. The van der Waals surface area contributed by atoms with Gasteiger partial charge in [0.05, 0.1) is 10.9 Å². The number of halogens is 4. The summed E-state index contributed by atoms with van der Waals surface area (Å²) in [7, 11) is 0. The summed E-state index contributed by atoms with van der Waals surface area (Å²) in [6.45, 7) is 8.52. The fourth-order valence-electron chi connectivity index (χ4n) is 12.3. The number of hydrogen-bond donors (Lipinski definition) is 0. The van der Waals surface area contributed by atoms with E-state index in [1.165, 1.54) is 81.5 Å². The summed E-state index contributed by atoms with van der Waals surface area (Å²) in [5.41, 5.74) is 8.28. The molecule has 0 N–H and O–H groups in total. The Hall–Kier alpha value is -6.12. The molecule has 7 aromatic carbocycles. The van der Waals surface area contributed by atoms with Crippen LogP contribution in [0.3, 0.4) is 0 Å². The van der Waals surface area contributed by atoms with Crippen molar-refractivity contribution in [3.63, 3.8) is 0 Å². The zero-order valence-electron chi connectivity index (χ0n) is 40.7. The van der Waals surface area contributed by atoms with Gasteiger partial charge in [-0.3, -0.25) is 0 Å². The lowest BCUT2D eigenvalue weighted by molar-refractivity contribution is 0.0734. The van der Waals surface area contributed by atoms with Crippen LogP contribution in [0.1, 0.15) is 141 Å². The van der Waals surface area contributed by atoms with E-state index in [1.54, 1.807) is 24.3 Å². The minimum Gasteiger partial charge on any atom is -0.472 e. The maximum Gasteiger partial charge on any atom is 0.343 e. The topological polar surface area (TPSA) is 38.8 Å². The SMILES string of the molecule is CCCCCC1CCC(c2ccc(OC(=O)c3ccc(-c4cc(Br)c5c(c4)-c4c(c6c(c7c(F)cc(F)cc47)OC(c4ccc(F)cc4)(c4ccc(N7CCCCC7)cc4)C=C6)C5(C)C)cc3)cc2)CC1. The lowest BCUT2D eigenvalue weighted by Crippen LogP contribution is -2.35. The van der Waals surface area contributed by atoms with E-state index in [0.717, 1.165) is 87.0 Å². The molecule has 2 aliphatic heterocycles. The Balaban J connectivity index is 0.912. The van der Waals surface area contributed by atoms with E-state index < -0.39 is 28.6 Å². The summed E-state index contributed by atoms with van der Waals surface area (Å²) in [5, 5.41) is 0.566. The molecule has 362 valence electrons. The number of carbonyl (C=O) groups is 1. The van der Waals surface area contributed by atoms with Crippen molar-refractivity contribution in [3.8, 4) is 33.8 Å². The number of carbonyl (C=O) groups excluding carboxylic acids is 1. The molecule has 71 heavy (non-hydrogen) atoms. The number of piperidine rings is 1. The fraction of sp³-hybridized carbons (Fsp3) is 0.317. The van der Waals surface area contributed by atoms with Crippen molar-refractivity contribution in [2.75, 3.05) is 18.0 Å². The molecule has 0 aromatic heterocycles. The van der Waals surface area contributed by atoms with Crippen molar-refractivity contribution < 1.29 is 27.4 Å². The molecule has 0 bridgehead atoms. The third-order valence-electron chi connectivity index (χ3n) is 16.0. The molecule has 2 aliphatic carbocycles. The molecule has 2 heterocycles. The highest BCUT2D eigenvalue weighted by Gasteiger charge is 2.46. The number of esters is 1. The zero-order valence-corrected chi connectivity index (χ0v) is 42.3. The standard InChI is InChI=1S/C63H59BrF3NO3/c1-4-5-7-10-39-11-13-40(14-12-39)41-19-29-50(30-20-41)70-61(69)43-17-15-42(16-18-43)44-35-53-56-52-37-48(66)38-55(67)57(52)60-51(59(56)62(2,3)58(53)54(64)36-44)31-32-63(71-60,45-21-25-47(65)26-22-45)46-23-27-49(28-24-46)68-33-8-6-9-34-68/h15-32,35-40H,4-14,33-34H2,1-3H3. The van der Waals surface area contributed by atoms with Crippen molar-refractivity contribution in [2.45, 2.75) is 108 Å². The highest BCUT2D eigenvalue weighted by molar-refractivity contribution is 9.10. The lowest BCUT2D eigenvalue weighted by Gasteiger charge is -2.39. The highest BCUT2D eigenvalue weighted by atomic mass is 79.9. The third kappa shape index (κ3) is 8.68. The average molecular weight is 1020 g/mol. The van der Waals surface area contributed by atoms with Gasteiger partial charge in [-0.2, -0.15) is 0 Å². The second-order valence-electron chi connectivity index (χ2n) is 20.8. The van der Waals surface area contributed by atoms with Gasteiger partial charge in [0.25, 0.3) is 0 Å². The van der Waals surface area contributed by atoms with Crippen LogP contribution in [0.25, 0.3) is 39.1 Å². The van der Waals surface area contributed by atoms with Crippen molar-refractivity contribution in [1.29, 1.82) is 0 Å². The van der Waals surface area contributed by atoms with Crippen molar-refractivity contribution in [3.05, 3.63) is 188 Å². The van der Waals surface area contributed by atoms with Crippen molar-refractivity contribution >= 4 is 44.4 Å². The Morgan fingerprint density at radius 3 is 2.13 bits per heavy atom. The molecule has 8 heteroatoms. The minimum absolute atomic E-state index is 0.170. The monoisotopic (exact) mass is 1010 g/mol. The molecule has 7 aromatic rings. The van der Waals surface area contributed by atoms with E-state index in [1.807, 2.05) is 48.6 Å². The van der Waals surface area contributed by atoms with Crippen molar-refractivity contribution in [1.82, 2.24) is 0 Å². The number of fused-ring (bicyclic) bond motifs is 8. The molecule has 0 radical (unpaired) electrons. The molecule has 1 unspecified atom stereocenters. The van der Waals surface area contributed by atoms with E-state index in [0.29, 0.717) is 39.5 Å². The molecule has 1 saturated carbocycles. The van der Waals surface area contributed by atoms with Gasteiger partial charge >= 0.3 is 5.97 Å². The van der Waals surface area contributed by atoms with Gasteiger partial charge in [0, 0.05) is 51.4 Å². The smallest absolute Gasteiger partial charge is 0.343 e. The van der Waals surface area contributed by atoms with Crippen molar-refractivity contribution in [2.24, 2.45) is 5.92 Å². The van der Waals surface area contributed by atoms with Gasteiger partial charge in [-0.25, -0.2) is 18.0 Å². The molecule has 2 fully saturated rings. The fourth-order valence-corrected chi connectivity index (χ4v) is 13.3. The lowest BCUT2D eigenvalue weighted by atomic mass is 9.76. The molecule has 11 rings (SSSR count). The first-order valence-electron chi connectivity index (χ1n) is 25.7. The molecule has 1 atom stereocenters. The molecule has 4 nitrogen and oxygen atoms in total. The first-order valence-corrected chi connectivity index (χ1v) is 26.5. The Morgan fingerprint density at radius 2 is 1.44 bits per heavy atom. The molecule has 4 aliphatic rings.